The summed E-state index contributed by atoms with van der Waals surface area (Å²) in [5, 5.41) is 18.7. The molecule has 0 bridgehead atoms. The fraction of sp³-hybridized carbons (Fsp3) is 0.462. The first-order valence-corrected chi connectivity index (χ1v) is 8.20. The Kier molecular flexibility index (Phi) is 4.66. The molecule has 2 N–H and O–H groups in total. The van der Waals surface area contributed by atoms with Gasteiger partial charge in [-0.05, 0) is 31.0 Å². The van der Waals surface area contributed by atoms with E-state index in [0.717, 1.165) is 12.8 Å². The molecule has 2 rings (SSSR count). The maximum absolute atomic E-state index is 12.2. The van der Waals surface area contributed by atoms with Gasteiger partial charge in [0, 0.05) is 6.04 Å². The van der Waals surface area contributed by atoms with E-state index in [4.69, 9.17) is 16.9 Å². The van der Waals surface area contributed by atoms with Gasteiger partial charge in [-0.15, -0.1) is 0 Å². The van der Waals surface area contributed by atoms with E-state index in [-0.39, 0.29) is 15.5 Å². The summed E-state index contributed by atoms with van der Waals surface area (Å²) in [7, 11) is -3.74. The number of rotatable bonds is 3. The summed E-state index contributed by atoms with van der Waals surface area (Å²) < 4.78 is 27.0. The Hall–Kier alpha value is -1.13. The zero-order valence-electron chi connectivity index (χ0n) is 10.7. The highest BCUT2D eigenvalue weighted by Crippen LogP contribution is 2.23. The second kappa shape index (κ2) is 6.10. The van der Waals surface area contributed by atoms with Crippen molar-refractivity contribution in [1.29, 1.82) is 5.26 Å². The molecule has 0 heterocycles. The summed E-state index contributed by atoms with van der Waals surface area (Å²) in [5.41, 5.74) is 0.225. The van der Waals surface area contributed by atoms with Gasteiger partial charge in [0.25, 0.3) is 0 Å². The lowest BCUT2D eigenvalue weighted by molar-refractivity contribution is 0.101. The van der Waals surface area contributed by atoms with Gasteiger partial charge in [0.15, 0.2) is 0 Å². The molecule has 2 atom stereocenters. The van der Waals surface area contributed by atoms with Crippen molar-refractivity contribution in [1.82, 2.24) is 4.72 Å². The van der Waals surface area contributed by atoms with Crippen molar-refractivity contribution in [2.75, 3.05) is 0 Å². The lowest BCUT2D eigenvalue weighted by Crippen LogP contribution is -2.44. The Labute approximate surface area is 123 Å². The zero-order valence-corrected chi connectivity index (χ0v) is 12.3. The van der Waals surface area contributed by atoms with E-state index in [1.807, 2.05) is 6.07 Å². The highest BCUT2D eigenvalue weighted by molar-refractivity contribution is 7.89. The number of nitriles is 1. The fourth-order valence-electron chi connectivity index (χ4n) is 2.27. The fourth-order valence-corrected chi connectivity index (χ4v) is 3.89. The van der Waals surface area contributed by atoms with Crippen LogP contribution in [0.15, 0.2) is 23.1 Å². The summed E-state index contributed by atoms with van der Waals surface area (Å²) in [6.07, 6.45) is 2.35. The minimum atomic E-state index is -3.74. The van der Waals surface area contributed by atoms with Gasteiger partial charge in [0.2, 0.25) is 10.0 Å². The number of hydrogen-bond donors (Lipinski definition) is 2. The third-order valence-corrected chi connectivity index (χ3v) is 5.21. The Morgan fingerprint density at radius 3 is 2.65 bits per heavy atom. The molecule has 108 valence electrons. The van der Waals surface area contributed by atoms with Crippen LogP contribution < -0.4 is 4.72 Å². The minimum Gasteiger partial charge on any atom is -0.391 e. The standard InChI is InChI=1S/C13H15ClN2O3S/c14-11-7-10(6-5-9(11)8-15)20(18,19)16-12-3-1-2-4-13(12)17/h5-7,12-13,16-17H,1-4H2/t12-,13-/m1/s1. The third-order valence-electron chi connectivity index (χ3n) is 3.41. The zero-order chi connectivity index (χ0) is 14.8. The van der Waals surface area contributed by atoms with Crippen molar-refractivity contribution in [3.05, 3.63) is 28.8 Å². The molecule has 20 heavy (non-hydrogen) atoms. The predicted octanol–water partition coefficient (Wildman–Crippen LogP) is 1.79. The second-order valence-electron chi connectivity index (χ2n) is 4.83. The molecule has 1 saturated carbocycles. The topological polar surface area (TPSA) is 90.2 Å². The van der Waals surface area contributed by atoms with Crippen molar-refractivity contribution in [3.8, 4) is 6.07 Å². The predicted molar refractivity (Wildman–Crippen MR) is 74.8 cm³/mol. The van der Waals surface area contributed by atoms with Gasteiger partial charge in [-0.1, -0.05) is 24.4 Å². The number of halogens is 1. The molecule has 0 radical (unpaired) electrons. The van der Waals surface area contributed by atoms with E-state index < -0.39 is 22.2 Å². The molecule has 7 heteroatoms. The highest BCUT2D eigenvalue weighted by Gasteiger charge is 2.28. The number of aliphatic hydroxyl groups is 1. The number of nitrogens with zero attached hydrogens (tertiary/aromatic N) is 1. The first-order valence-electron chi connectivity index (χ1n) is 6.34. The van der Waals surface area contributed by atoms with Crippen LogP contribution in [0.4, 0.5) is 0 Å². The average molecular weight is 315 g/mol. The summed E-state index contributed by atoms with van der Waals surface area (Å²) in [6, 6.07) is 5.36. The number of sulfonamides is 1. The molecular formula is C13H15ClN2O3S. The third kappa shape index (κ3) is 3.30. The van der Waals surface area contributed by atoms with Crippen LogP contribution in [0.5, 0.6) is 0 Å². The van der Waals surface area contributed by atoms with Crippen molar-refractivity contribution in [2.24, 2.45) is 0 Å². The van der Waals surface area contributed by atoms with Gasteiger partial charge in [-0.3, -0.25) is 0 Å². The lowest BCUT2D eigenvalue weighted by atomic mass is 9.93. The summed E-state index contributed by atoms with van der Waals surface area (Å²) in [5.74, 6) is 0. The normalized spacial score (nSPS) is 23.2. The largest absolute Gasteiger partial charge is 0.391 e. The maximum Gasteiger partial charge on any atom is 0.240 e. The van der Waals surface area contributed by atoms with Crippen LogP contribution in [0, 0.1) is 11.3 Å². The second-order valence-corrected chi connectivity index (χ2v) is 6.95. The molecule has 0 aliphatic heterocycles. The molecule has 5 nitrogen and oxygen atoms in total. The Morgan fingerprint density at radius 1 is 1.35 bits per heavy atom. The van der Waals surface area contributed by atoms with Crippen molar-refractivity contribution in [3.63, 3.8) is 0 Å². The molecule has 0 saturated heterocycles. The minimum absolute atomic E-state index is 0.000673. The average Bonchev–Trinajstić information content (AvgIpc) is 2.41. The van der Waals surface area contributed by atoms with Crippen LogP contribution in [0.1, 0.15) is 31.2 Å². The van der Waals surface area contributed by atoms with Gasteiger partial charge in [0.05, 0.1) is 21.6 Å². The lowest BCUT2D eigenvalue weighted by Gasteiger charge is -2.28. The molecule has 1 aromatic carbocycles. The summed E-state index contributed by atoms with van der Waals surface area (Å²) >= 11 is 5.84. The van der Waals surface area contributed by atoms with E-state index in [0.29, 0.717) is 12.8 Å². The Balaban J connectivity index is 2.22. The van der Waals surface area contributed by atoms with Gasteiger partial charge in [-0.2, -0.15) is 5.26 Å². The van der Waals surface area contributed by atoms with Crippen LogP contribution in [0.25, 0.3) is 0 Å². The van der Waals surface area contributed by atoms with Crippen molar-refractivity contribution < 1.29 is 13.5 Å². The number of nitrogens with one attached hydrogen (secondary N) is 1. The monoisotopic (exact) mass is 314 g/mol. The maximum atomic E-state index is 12.2. The number of aliphatic hydroxyl groups excluding tert-OH is 1. The van der Waals surface area contributed by atoms with Crippen LogP contribution in [0.2, 0.25) is 5.02 Å². The summed E-state index contributed by atoms with van der Waals surface area (Å²) in [6.45, 7) is 0. The van der Waals surface area contributed by atoms with Crippen LogP contribution >= 0.6 is 11.6 Å². The number of benzene rings is 1. The van der Waals surface area contributed by atoms with Crippen LogP contribution in [-0.4, -0.2) is 25.7 Å². The van der Waals surface area contributed by atoms with E-state index in [2.05, 4.69) is 4.72 Å². The van der Waals surface area contributed by atoms with E-state index >= 15 is 0 Å². The van der Waals surface area contributed by atoms with Gasteiger partial charge >= 0.3 is 0 Å². The smallest absolute Gasteiger partial charge is 0.240 e. The first kappa shape index (κ1) is 15.3. The van der Waals surface area contributed by atoms with Crippen LogP contribution in [0.3, 0.4) is 0 Å². The van der Waals surface area contributed by atoms with Crippen molar-refractivity contribution in [2.45, 2.75) is 42.7 Å². The van der Waals surface area contributed by atoms with E-state index in [1.165, 1.54) is 18.2 Å². The molecule has 1 aromatic rings. The molecule has 1 fully saturated rings. The molecule has 1 aliphatic rings. The summed E-state index contributed by atoms with van der Waals surface area (Å²) in [4.78, 5) is -0.000673. The Bertz CT molecular complexity index is 640. The quantitative estimate of drug-likeness (QED) is 0.890. The van der Waals surface area contributed by atoms with Gasteiger partial charge in [-0.25, -0.2) is 13.1 Å². The Morgan fingerprint density at radius 2 is 2.05 bits per heavy atom. The van der Waals surface area contributed by atoms with E-state index in [9.17, 15) is 13.5 Å². The molecule has 1 aliphatic carbocycles. The number of hydrogen-bond acceptors (Lipinski definition) is 4. The van der Waals surface area contributed by atoms with Gasteiger partial charge in [0.1, 0.15) is 6.07 Å². The molecule has 0 aromatic heterocycles. The van der Waals surface area contributed by atoms with E-state index in [1.54, 1.807) is 0 Å². The molecular weight excluding hydrogens is 300 g/mol. The highest BCUT2D eigenvalue weighted by atomic mass is 35.5. The molecule has 0 spiro atoms. The van der Waals surface area contributed by atoms with Crippen LogP contribution in [-0.2, 0) is 10.0 Å². The molecule has 0 amide bonds. The van der Waals surface area contributed by atoms with Gasteiger partial charge < -0.3 is 5.11 Å². The molecule has 0 unspecified atom stereocenters. The SMILES string of the molecule is N#Cc1ccc(S(=O)(=O)N[C@@H]2CCCC[C@H]2O)cc1Cl. The first-order chi connectivity index (χ1) is 9.44. The van der Waals surface area contributed by atoms with Crippen molar-refractivity contribution >= 4 is 21.6 Å².